The standard InChI is InChI=1S/C16H22N2O2.C5H10O.C2H6/c1-12-7-14(20-2)8-15(17-12)13-3-5-16(6-4-13)9-18(10-16)11-19;1-4-2-5(6)3-4;1-2/h7-8,11,13H,3-6,9-10H2,1-2H3;4-6H,2-3H2,1H3;1-2H3. The highest BCUT2D eigenvalue weighted by Gasteiger charge is 2.45. The molecule has 0 radical (unpaired) electrons. The number of rotatable bonds is 3. The van der Waals surface area contributed by atoms with E-state index in [0.717, 1.165) is 49.7 Å². The minimum Gasteiger partial charge on any atom is -0.497 e. The first kappa shape index (κ1) is 22.7. The van der Waals surface area contributed by atoms with E-state index in [1.54, 1.807) is 7.11 Å². The molecule has 158 valence electrons. The minimum atomic E-state index is 0.0417. The van der Waals surface area contributed by atoms with Gasteiger partial charge in [0.1, 0.15) is 5.75 Å². The number of aryl methyl sites for hydroxylation is 1. The predicted molar refractivity (Wildman–Crippen MR) is 113 cm³/mol. The summed E-state index contributed by atoms with van der Waals surface area (Å²) in [5.41, 5.74) is 2.60. The number of amides is 1. The van der Waals surface area contributed by atoms with Gasteiger partial charge in [-0.25, -0.2) is 0 Å². The summed E-state index contributed by atoms with van der Waals surface area (Å²) in [6.07, 6.45) is 7.84. The number of aliphatic hydroxyl groups excluding tert-OH is 1. The lowest BCUT2D eigenvalue weighted by Crippen LogP contribution is -2.56. The van der Waals surface area contributed by atoms with Gasteiger partial charge in [-0.3, -0.25) is 9.78 Å². The molecule has 5 heteroatoms. The van der Waals surface area contributed by atoms with Gasteiger partial charge in [0.2, 0.25) is 6.41 Å². The number of pyridine rings is 1. The molecule has 28 heavy (non-hydrogen) atoms. The molecule has 1 saturated heterocycles. The highest BCUT2D eigenvalue weighted by atomic mass is 16.5. The lowest BCUT2D eigenvalue weighted by molar-refractivity contribution is -0.131. The predicted octanol–water partition coefficient (Wildman–Crippen LogP) is 4.32. The Morgan fingerprint density at radius 1 is 1.21 bits per heavy atom. The van der Waals surface area contributed by atoms with Crippen LogP contribution in [0.1, 0.15) is 76.6 Å². The van der Waals surface area contributed by atoms with Crippen LogP contribution >= 0.6 is 0 Å². The molecule has 3 aliphatic rings. The molecule has 1 spiro atoms. The van der Waals surface area contributed by atoms with E-state index in [-0.39, 0.29) is 6.10 Å². The first-order valence-corrected chi connectivity index (χ1v) is 10.8. The van der Waals surface area contributed by atoms with Crippen molar-refractivity contribution in [2.75, 3.05) is 20.2 Å². The number of carbonyl (C=O) groups excluding carboxylic acids is 1. The van der Waals surface area contributed by atoms with Crippen LogP contribution in [0.15, 0.2) is 12.1 Å². The molecule has 0 atom stereocenters. The Morgan fingerprint density at radius 3 is 2.25 bits per heavy atom. The molecule has 1 aliphatic heterocycles. The molecular formula is C23H38N2O3. The van der Waals surface area contributed by atoms with E-state index in [0.29, 0.717) is 11.3 Å². The molecule has 2 heterocycles. The number of nitrogens with zero attached hydrogens (tertiary/aromatic N) is 2. The van der Waals surface area contributed by atoms with Crippen molar-refractivity contribution < 1.29 is 14.6 Å². The zero-order valence-corrected chi connectivity index (χ0v) is 18.3. The first-order chi connectivity index (χ1) is 13.4. The number of likely N-dealkylation sites (tertiary alicyclic amines) is 1. The van der Waals surface area contributed by atoms with Crippen LogP contribution in [0.2, 0.25) is 0 Å². The summed E-state index contributed by atoms with van der Waals surface area (Å²) < 4.78 is 5.34. The van der Waals surface area contributed by atoms with Crippen molar-refractivity contribution in [1.82, 2.24) is 9.88 Å². The van der Waals surface area contributed by atoms with E-state index >= 15 is 0 Å². The van der Waals surface area contributed by atoms with Gasteiger partial charge in [0.05, 0.1) is 13.2 Å². The normalized spacial score (nSPS) is 25.3. The SMILES string of the molecule is CC.CC1CC(O)C1.COc1cc(C)nc(C2CCC3(CC2)CN(C=O)C3)c1. The van der Waals surface area contributed by atoms with E-state index in [2.05, 4.69) is 18.0 Å². The van der Waals surface area contributed by atoms with Crippen LogP contribution in [0.25, 0.3) is 0 Å². The van der Waals surface area contributed by atoms with Crippen LogP contribution in [-0.2, 0) is 4.79 Å². The van der Waals surface area contributed by atoms with E-state index in [1.165, 1.54) is 31.4 Å². The largest absolute Gasteiger partial charge is 0.497 e. The van der Waals surface area contributed by atoms with Crippen LogP contribution in [0, 0.1) is 18.3 Å². The second-order valence-corrected chi connectivity index (χ2v) is 8.59. The van der Waals surface area contributed by atoms with Gasteiger partial charge < -0.3 is 14.7 Å². The minimum absolute atomic E-state index is 0.0417. The van der Waals surface area contributed by atoms with E-state index < -0.39 is 0 Å². The third-order valence-corrected chi connectivity index (χ3v) is 6.22. The highest BCUT2D eigenvalue weighted by molar-refractivity contribution is 5.49. The number of hydrogen-bond acceptors (Lipinski definition) is 4. The summed E-state index contributed by atoms with van der Waals surface area (Å²) in [6.45, 7) is 10.1. The van der Waals surface area contributed by atoms with Crippen LogP contribution in [0.3, 0.4) is 0 Å². The maximum absolute atomic E-state index is 10.7. The molecule has 5 nitrogen and oxygen atoms in total. The van der Waals surface area contributed by atoms with Gasteiger partial charge in [-0.2, -0.15) is 0 Å². The van der Waals surface area contributed by atoms with Gasteiger partial charge in [0, 0.05) is 47.9 Å². The molecule has 1 amide bonds. The van der Waals surface area contributed by atoms with Crippen LogP contribution in [0.5, 0.6) is 5.75 Å². The first-order valence-electron chi connectivity index (χ1n) is 10.8. The molecule has 0 bridgehead atoms. The van der Waals surface area contributed by atoms with Crippen molar-refractivity contribution in [3.05, 3.63) is 23.5 Å². The zero-order chi connectivity index (χ0) is 20.7. The summed E-state index contributed by atoms with van der Waals surface area (Å²) in [7, 11) is 1.71. The monoisotopic (exact) mass is 390 g/mol. The third-order valence-electron chi connectivity index (χ3n) is 6.22. The highest BCUT2D eigenvalue weighted by Crippen LogP contribution is 2.47. The van der Waals surface area contributed by atoms with Crippen LogP contribution in [0.4, 0.5) is 0 Å². The van der Waals surface area contributed by atoms with Gasteiger partial charge in [-0.1, -0.05) is 20.8 Å². The molecule has 0 unspecified atom stereocenters. The Labute approximate surface area is 170 Å². The molecular weight excluding hydrogens is 352 g/mol. The Balaban J connectivity index is 0.000000296. The van der Waals surface area contributed by atoms with Crippen molar-refractivity contribution in [2.45, 2.75) is 78.2 Å². The number of aliphatic hydroxyl groups is 1. The fourth-order valence-electron chi connectivity index (χ4n) is 4.58. The molecule has 0 aromatic carbocycles. The molecule has 1 N–H and O–H groups in total. The van der Waals surface area contributed by atoms with Crippen molar-refractivity contribution in [2.24, 2.45) is 11.3 Å². The summed E-state index contributed by atoms with van der Waals surface area (Å²) >= 11 is 0. The number of aromatic nitrogens is 1. The van der Waals surface area contributed by atoms with Crippen molar-refractivity contribution in [3.63, 3.8) is 0 Å². The summed E-state index contributed by atoms with van der Waals surface area (Å²) in [4.78, 5) is 17.3. The molecule has 3 fully saturated rings. The van der Waals surface area contributed by atoms with E-state index in [4.69, 9.17) is 9.84 Å². The van der Waals surface area contributed by atoms with E-state index in [9.17, 15) is 4.79 Å². The maximum atomic E-state index is 10.7. The van der Waals surface area contributed by atoms with Gasteiger partial charge in [0.25, 0.3) is 0 Å². The lowest BCUT2D eigenvalue weighted by atomic mass is 9.65. The topological polar surface area (TPSA) is 62.7 Å². The summed E-state index contributed by atoms with van der Waals surface area (Å²) in [5.74, 6) is 2.24. The van der Waals surface area contributed by atoms with Crippen LogP contribution < -0.4 is 4.74 Å². The molecule has 1 aromatic rings. The van der Waals surface area contributed by atoms with Gasteiger partial charge in [-0.15, -0.1) is 0 Å². The number of methoxy groups -OCH3 is 1. The Kier molecular flexibility index (Phi) is 8.29. The van der Waals surface area contributed by atoms with E-state index in [1.807, 2.05) is 31.7 Å². The lowest BCUT2D eigenvalue weighted by Gasteiger charge is -2.52. The quantitative estimate of drug-likeness (QED) is 0.781. The molecule has 4 rings (SSSR count). The van der Waals surface area contributed by atoms with Crippen molar-refractivity contribution >= 4 is 6.41 Å². The van der Waals surface area contributed by atoms with Crippen molar-refractivity contribution in [3.8, 4) is 5.75 Å². The second-order valence-electron chi connectivity index (χ2n) is 8.59. The Bertz CT molecular complexity index is 606. The Morgan fingerprint density at radius 2 is 1.82 bits per heavy atom. The van der Waals surface area contributed by atoms with Crippen LogP contribution in [-0.4, -0.2) is 47.7 Å². The Hall–Kier alpha value is -1.62. The summed E-state index contributed by atoms with van der Waals surface area (Å²) in [5, 5.41) is 8.62. The fraction of sp³-hybridized carbons (Fsp3) is 0.739. The average molecular weight is 391 g/mol. The van der Waals surface area contributed by atoms with Gasteiger partial charge in [-0.05, 0) is 51.4 Å². The van der Waals surface area contributed by atoms with Crippen molar-refractivity contribution in [1.29, 1.82) is 0 Å². The molecule has 2 aliphatic carbocycles. The smallest absolute Gasteiger partial charge is 0.209 e. The molecule has 2 saturated carbocycles. The third kappa shape index (κ3) is 5.69. The zero-order valence-electron chi connectivity index (χ0n) is 18.3. The number of hydrogen-bond donors (Lipinski definition) is 1. The van der Waals surface area contributed by atoms with Gasteiger partial charge in [0.15, 0.2) is 0 Å². The number of ether oxygens (including phenoxy) is 1. The second kappa shape index (κ2) is 10.2. The molecule has 1 aromatic heterocycles. The summed E-state index contributed by atoms with van der Waals surface area (Å²) in [6, 6.07) is 4.05. The van der Waals surface area contributed by atoms with Gasteiger partial charge >= 0.3 is 0 Å². The average Bonchev–Trinajstić information content (AvgIpc) is 2.67. The maximum Gasteiger partial charge on any atom is 0.209 e. The fourth-order valence-corrected chi connectivity index (χ4v) is 4.58. The number of carbonyl (C=O) groups is 1.